The molecule has 0 amide bonds. The maximum absolute atomic E-state index is 13.2. The summed E-state index contributed by atoms with van der Waals surface area (Å²) in [5.41, 5.74) is 1.38. The number of phenols is 1. The Kier molecular flexibility index (Phi) is 4.99. The zero-order valence-corrected chi connectivity index (χ0v) is 12.5. The summed E-state index contributed by atoms with van der Waals surface area (Å²) in [7, 11) is 3.13. The van der Waals surface area contributed by atoms with Gasteiger partial charge in [-0.15, -0.1) is 0 Å². The van der Waals surface area contributed by atoms with Crippen molar-refractivity contribution in [3.63, 3.8) is 0 Å². The SMILES string of the molecule is COc1ccc(CCC(=N)c2cc(F)ccc2O)cc1OC. The van der Waals surface area contributed by atoms with Crippen LogP contribution in [0.3, 0.4) is 0 Å². The van der Waals surface area contributed by atoms with Gasteiger partial charge in [-0.2, -0.15) is 0 Å². The van der Waals surface area contributed by atoms with Gasteiger partial charge in [0.2, 0.25) is 0 Å². The smallest absolute Gasteiger partial charge is 0.160 e. The fraction of sp³-hybridized carbons (Fsp3) is 0.235. The van der Waals surface area contributed by atoms with Gasteiger partial charge in [0.25, 0.3) is 0 Å². The zero-order chi connectivity index (χ0) is 16.1. The van der Waals surface area contributed by atoms with Crippen molar-refractivity contribution in [3.8, 4) is 17.2 Å². The molecule has 4 nitrogen and oxygen atoms in total. The van der Waals surface area contributed by atoms with E-state index >= 15 is 0 Å². The number of hydrogen-bond donors (Lipinski definition) is 2. The van der Waals surface area contributed by atoms with Gasteiger partial charge >= 0.3 is 0 Å². The van der Waals surface area contributed by atoms with Crippen molar-refractivity contribution in [2.45, 2.75) is 12.8 Å². The minimum Gasteiger partial charge on any atom is -0.507 e. The number of halogens is 1. The molecule has 2 N–H and O–H groups in total. The summed E-state index contributed by atoms with van der Waals surface area (Å²) in [6.07, 6.45) is 0.960. The third kappa shape index (κ3) is 3.55. The first kappa shape index (κ1) is 15.8. The number of nitrogens with one attached hydrogen (secondary N) is 1. The monoisotopic (exact) mass is 303 g/mol. The van der Waals surface area contributed by atoms with Crippen molar-refractivity contribution in [1.82, 2.24) is 0 Å². The van der Waals surface area contributed by atoms with E-state index < -0.39 is 5.82 Å². The first-order chi connectivity index (χ1) is 10.5. The summed E-state index contributed by atoms with van der Waals surface area (Å²) in [6.45, 7) is 0. The van der Waals surface area contributed by atoms with Crippen LogP contribution in [0, 0.1) is 11.2 Å². The highest BCUT2D eigenvalue weighted by Gasteiger charge is 2.10. The van der Waals surface area contributed by atoms with Crippen LogP contribution in [0.15, 0.2) is 36.4 Å². The van der Waals surface area contributed by atoms with Crippen LogP contribution in [0.1, 0.15) is 17.5 Å². The first-order valence-corrected chi connectivity index (χ1v) is 6.82. The number of rotatable bonds is 6. The predicted molar refractivity (Wildman–Crippen MR) is 82.8 cm³/mol. The second-order valence-corrected chi connectivity index (χ2v) is 4.83. The van der Waals surface area contributed by atoms with E-state index in [2.05, 4.69) is 0 Å². The molecule has 0 bridgehead atoms. The minimum absolute atomic E-state index is 0.0845. The third-order valence-electron chi connectivity index (χ3n) is 3.40. The van der Waals surface area contributed by atoms with Crippen molar-refractivity contribution >= 4 is 5.71 Å². The van der Waals surface area contributed by atoms with Crippen LogP contribution in [0.25, 0.3) is 0 Å². The Hall–Kier alpha value is -2.56. The molecule has 0 aliphatic carbocycles. The fourth-order valence-corrected chi connectivity index (χ4v) is 2.19. The largest absolute Gasteiger partial charge is 0.507 e. The van der Waals surface area contributed by atoms with Crippen molar-refractivity contribution < 1.29 is 19.0 Å². The Balaban J connectivity index is 2.09. The lowest BCUT2D eigenvalue weighted by molar-refractivity contribution is 0.354. The molecular weight excluding hydrogens is 285 g/mol. The molecule has 2 aromatic rings. The second-order valence-electron chi connectivity index (χ2n) is 4.83. The second kappa shape index (κ2) is 6.93. The third-order valence-corrected chi connectivity index (χ3v) is 3.40. The van der Waals surface area contributed by atoms with E-state index in [0.29, 0.717) is 24.3 Å². The van der Waals surface area contributed by atoms with Gasteiger partial charge in [0.15, 0.2) is 11.5 Å². The van der Waals surface area contributed by atoms with E-state index in [9.17, 15) is 9.50 Å². The Morgan fingerprint density at radius 2 is 1.82 bits per heavy atom. The predicted octanol–water partition coefficient (Wildman–Crippen LogP) is 3.55. The maximum Gasteiger partial charge on any atom is 0.160 e. The molecule has 0 heterocycles. The molecule has 0 spiro atoms. The average molecular weight is 303 g/mol. The number of aromatic hydroxyl groups is 1. The van der Waals surface area contributed by atoms with Gasteiger partial charge < -0.3 is 20.0 Å². The Morgan fingerprint density at radius 1 is 1.09 bits per heavy atom. The van der Waals surface area contributed by atoms with Crippen LogP contribution in [0.2, 0.25) is 0 Å². The lowest BCUT2D eigenvalue weighted by Crippen LogP contribution is -2.03. The molecule has 0 unspecified atom stereocenters. The molecule has 0 aliphatic rings. The quantitative estimate of drug-likeness (QED) is 0.802. The van der Waals surface area contributed by atoms with Gasteiger partial charge in [0.05, 0.1) is 14.2 Å². The van der Waals surface area contributed by atoms with E-state index in [4.69, 9.17) is 14.9 Å². The van der Waals surface area contributed by atoms with Crippen LogP contribution in [0.5, 0.6) is 17.2 Å². The van der Waals surface area contributed by atoms with Gasteiger partial charge in [0.1, 0.15) is 11.6 Å². The van der Waals surface area contributed by atoms with E-state index in [0.717, 1.165) is 5.56 Å². The number of aryl methyl sites for hydroxylation is 1. The zero-order valence-electron chi connectivity index (χ0n) is 12.5. The summed E-state index contributed by atoms with van der Waals surface area (Å²) in [6, 6.07) is 9.14. The Labute approximate surface area is 128 Å². The van der Waals surface area contributed by atoms with E-state index in [-0.39, 0.29) is 17.0 Å². The van der Waals surface area contributed by atoms with Gasteiger partial charge in [0, 0.05) is 11.3 Å². The molecule has 22 heavy (non-hydrogen) atoms. The first-order valence-electron chi connectivity index (χ1n) is 6.82. The lowest BCUT2D eigenvalue weighted by atomic mass is 10.0. The van der Waals surface area contributed by atoms with Crippen molar-refractivity contribution in [2.75, 3.05) is 14.2 Å². The summed E-state index contributed by atoms with van der Waals surface area (Å²) in [5.74, 6) is 0.714. The average Bonchev–Trinajstić information content (AvgIpc) is 2.54. The molecule has 0 fully saturated rings. The van der Waals surface area contributed by atoms with Gasteiger partial charge in [-0.05, 0) is 48.7 Å². The van der Waals surface area contributed by atoms with Gasteiger partial charge in [-0.1, -0.05) is 6.07 Å². The number of hydrogen-bond acceptors (Lipinski definition) is 4. The molecule has 0 aliphatic heterocycles. The lowest BCUT2D eigenvalue weighted by Gasteiger charge is -2.10. The number of ether oxygens (including phenoxy) is 2. The normalized spacial score (nSPS) is 10.3. The van der Waals surface area contributed by atoms with Crippen LogP contribution >= 0.6 is 0 Å². The molecule has 0 saturated carbocycles. The summed E-state index contributed by atoms with van der Waals surface area (Å²) < 4.78 is 23.6. The molecule has 0 atom stereocenters. The summed E-state index contributed by atoms with van der Waals surface area (Å²) in [4.78, 5) is 0. The molecule has 0 saturated heterocycles. The van der Waals surface area contributed by atoms with E-state index in [1.807, 2.05) is 12.1 Å². The van der Waals surface area contributed by atoms with Crippen LogP contribution in [-0.4, -0.2) is 25.0 Å². The topological polar surface area (TPSA) is 62.5 Å². The highest BCUT2D eigenvalue weighted by molar-refractivity contribution is 6.00. The van der Waals surface area contributed by atoms with Crippen LogP contribution < -0.4 is 9.47 Å². The number of methoxy groups -OCH3 is 2. The van der Waals surface area contributed by atoms with Crippen molar-refractivity contribution in [2.24, 2.45) is 0 Å². The molecule has 2 aromatic carbocycles. The Morgan fingerprint density at radius 3 is 2.50 bits per heavy atom. The standard InChI is InChI=1S/C17H18FNO3/c1-21-16-8-4-11(9-17(16)22-2)3-6-14(19)13-10-12(18)5-7-15(13)20/h4-5,7-10,19-20H,3,6H2,1-2H3. The maximum atomic E-state index is 13.2. The molecule has 5 heteroatoms. The minimum atomic E-state index is -0.469. The number of benzene rings is 2. The van der Waals surface area contributed by atoms with Gasteiger partial charge in [-0.3, -0.25) is 0 Å². The van der Waals surface area contributed by atoms with Crippen LogP contribution in [0.4, 0.5) is 4.39 Å². The molecule has 116 valence electrons. The van der Waals surface area contributed by atoms with Crippen LogP contribution in [-0.2, 0) is 6.42 Å². The fourth-order valence-electron chi connectivity index (χ4n) is 2.19. The molecule has 2 rings (SSSR count). The molecular formula is C17H18FNO3. The van der Waals surface area contributed by atoms with E-state index in [1.165, 1.54) is 18.2 Å². The highest BCUT2D eigenvalue weighted by atomic mass is 19.1. The van der Waals surface area contributed by atoms with Crippen molar-refractivity contribution in [3.05, 3.63) is 53.3 Å². The molecule has 0 aromatic heterocycles. The number of phenolic OH excluding ortho intramolecular Hbond substituents is 1. The molecule has 0 radical (unpaired) electrons. The summed E-state index contributed by atoms with van der Waals surface area (Å²) in [5, 5.41) is 17.7. The van der Waals surface area contributed by atoms with E-state index in [1.54, 1.807) is 20.3 Å². The Bertz CT molecular complexity index is 686. The van der Waals surface area contributed by atoms with Crippen molar-refractivity contribution in [1.29, 1.82) is 5.41 Å². The highest BCUT2D eigenvalue weighted by Crippen LogP contribution is 2.28. The summed E-state index contributed by atoms with van der Waals surface area (Å²) >= 11 is 0. The van der Waals surface area contributed by atoms with Gasteiger partial charge in [-0.25, -0.2) is 4.39 Å².